The zero-order valence-corrected chi connectivity index (χ0v) is 17.3. The number of aromatic nitrogens is 3. The molecule has 0 saturated heterocycles. The maximum atomic E-state index is 12.2. The van der Waals surface area contributed by atoms with Crippen molar-refractivity contribution in [2.45, 2.75) is 13.8 Å². The van der Waals surface area contributed by atoms with Crippen molar-refractivity contribution in [1.29, 1.82) is 0 Å². The summed E-state index contributed by atoms with van der Waals surface area (Å²) in [4.78, 5) is 27.0. The lowest BCUT2D eigenvalue weighted by molar-refractivity contribution is -0.118. The van der Waals surface area contributed by atoms with Crippen LogP contribution in [0.4, 0.5) is 11.5 Å². The Morgan fingerprint density at radius 1 is 1.19 bits per heavy atom. The summed E-state index contributed by atoms with van der Waals surface area (Å²) in [7, 11) is 1.50. The molecule has 31 heavy (non-hydrogen) atoms. The Bertz CT molecular complexity index is 1160. The maximum Gasteiger partial charge on any atom is 0.363 e. The Hall–Kier alpha value is -4.21. The molecule has 3 N–H and O–H groups in total. The first kappa shape index (κ1) is 21.5. The summed E-state index contributed by atoms with van der Waals surface area (Å²) in [5, 5.41) is 12.6. The predicted octanol–water partition coefficient (Wildman–Crippen LogP) is 2.25. The lowest BCUT2D eigenvalue weighted by Crippen LogP contribution is -2.20. The predicted molar refractivity (Wildman–Crippen MR) is 117 cm³/mol. The number of carbonyl (C=O) groups is 1. The van der Waals surface area contributed by atoms with Crippen LogP contribution in [0.3, 0.4) is 0 Å². The monoisotopic (exact) mass is 422 g/mol. The Morgan fingerprint density at radius 3 is 2.77 bits per heavy atom. The summed E-state index contributed by atoms with van der Waals surface area (Å²) < 4.78 is 11.0. The first-order valence-corrected chi connectivity index (χ1v) is 9.33. The van der Waals surface area contributed by atoms with Gasteiger partial charge in [0.15, 0.2) is 23.9 Å². The molecule has 3 rings (SSSR count). The molecule has 0 spiro atoms. The highest BCUT2D eigenvalue weighted by Crippen LogP contribution is 2.27. The molecule has 0 unspecified atom stereocenters. The van der Waals surface area contributed by atoms with Gasteiger partial charge in [0.2, 0.25) is 0 Å². The lowest BCUT2D eigenvalue weighted by atomic mass is 10.1. The molecule has 2 aromatic carbocycles. The van der Waals surface area contributed by atoms with Crippen LogP contribution in [0.15, 0.2) is 52.5 Å². The van der Waals surface area contributed by atoms with Gasteiger partial charge in [0.1, 0.15) is 0 Å². The number of nitrogens with one attached hydrogen (secondary N) is 3. The van der Waals surface area contributed by atoms with Gasteiger partial charge in [0, 0.05) is 5.69 Å². The van der Waals surface area contributed by atoms with Crippen molar-refractivity contribution < 1.29 is 14.3 Å². The number of benzene rings is 2. The fraction of sp³-hybridized carbons (Fsp3) is 0.190. The molecular formula is C21H22N6O4. The fourth-order valence-corrected chi connectivity index (χ4v) is 2.71. The number of amides is 1. The third-order valence-electron chi connectivity index (χ3n) is 4.16. The first-order chi connectivity index (χ1) is 14.9. The SMILES string of the molecule is COc1cc(/C=N/Nc2cn[nH]c(=O)n2)ccc1OCC(=O)Nc1ccc(C)cc1C. The van der Waals surface area contributed by atoms with Crippen LogP contribution in [0.2, 0.25) is 0 Å². The molecule has 160 valence electrons. The second kappa shape index (κ2) is 10.0. The highest BCUT2D eigenvalue weighted by molar-refractivity contribution is 5.92. The third-order valence-corrected chi connectivity index (χ3v) is 4.16. The van der Waals surface area contributed by atoms with Crippen LogP contribution in [0.1, 0.15) is 16.7 Å². The van der Waals surface area contributed by atoms with Crippen molar-refractivity contribution in [3.63, 3.8) is 0 Å². The number of aromatic amines is 1. The Morgan fingerprint density at radius 2 is 2.03 bits per heavy atom. The summed E-state index contributed by atoms with van der Waals surface area (Å²) in [5.41, 5.74) is 5.58. The van der Waals surface area contributed by atoms with Crippen molar-refractivity contribution in [2.24, 2.45) is 5.10 Å². The quantitative estimate of drug-likeness (QED) is 0.375. The number of hydrogen-bond donors (Lipinski definition) is 3. The lowest BCUT2D eigenvalue weighted by Gasteiger charge is -2.12. The molecule has 10 heteroatoms. The second-order valence-corrected chi connectivity index (χ2v) is 6.61. The van der Waals surface area contributed by atoms with E-state index in [1.807, 2.05) is 32.0 Å². The average molecular weight is 422 g/mol. The van der Waals surface area contributed by atoms with E-state index < -0.39 is 5.69 Å². The largest absolute Gasteiger partial charge is 0.493 e. The van der Waals surface area contributed by atoms with Crippen molar-refractivity contribution in [1.82, 2.24) is 15.2 Å². The number of H-pyrrole nitrogens is 1. The molecule has 0 saturated carbocycles. The molecule has 10 nitrogen and oxygen atoms in total. The van der Waals surface area contributed by atoms with Gasteiger partial charge in [-0.25, -0.2) is 9.89 Å². The van der Waals surface area contributed by atoms with Gasteiger partial charge in [0.05, 0.1) is 19.5 Å². The molecule has 0 radical (unpaired) electrons. The van der Waals surface area contributed by atoms with E-state index in [0.717, 1.165) is 16.8 Å². The van der Waals surface area contributed by atoms with E-state index in [1.54, 1.807) is 18.2 Å². The van der Waals surface area contributed by atoms with Gasteiger partial charge < -0.3 is 14.8 Å². The normalized spacial score (nSPS) is 10.7. The number of anilines is 2. The van der Waals surface area contributed by atoms with E-state index in [9.17, 15) is 9.59 Å². The first-order valence-electron chi connectivity index (χ1n) is 9.33. The molecule has 0 aliphatic heterocycles. The summed E-state index contributed by atoms with van der Waals surface area (Å²) in [5.74, 6) is 0.799. The van der Waals surface area contributed by atoms with E-state index in [4.69, 9.17) is 9.47 Å². The molecule has 1 aromatic heterocycles. The highest BCUT2D eigenvalue weighted by atomic mass is 16.5. The van der Waals surface area contributed by atoms with Gasteiger partial charge in [-0.2, -0.15) is 15.2 Å². The standard InChI is InChI=1S/C21H22N6O4/c1-13-4-6-16(14(2)8-13)24-20(28)12-31-17-7-5-15(9-18(17)30-3)10-22-26-19-11-23-27-21(29)25-19/h4-11H,12H2,1-3H3,(H,24,28)(H2,25,26,27,29)/b22-10+. The number of hydrogen-bond acceptors (Lipinski definition) is 8. The van der Waals surface area contributed by atoms with Crippen LogP contribution in [-0.2, 0) is 4.79 Å². The number of ether oxygens (including phenoxy) is 2. The molecule has 1 amide bonds. The highest BCUT2D eigenvalue weighted by Gasteiger charge is 2.10. The van der Waals surface area contributed by atoms with E-state index >= 15 is 0 Å². The minimum Gasteiger partial charge on any atom is -0.493 e. The van der Waals surface area contributed by atoms with Crippen LogP contribution < -0.4 is 25.9 Å². The molecular weight excluding hydrogens is 400 g/mol. The molecule has 3 aromatic rings. The van der Waals surface area contributed by atoms with E-state index in [2.05, 4.69) is 31.0 Å². The smallest absolute Gasteiger partial charge is 0.363 e. The van der Waals surface area contributed by atoms with Crippen molar-refractivity contribution >= 4 is 23.6 Å². The molecule has 0 aliphatic rings. The summed E-state index contributed by atoms with van der Waals surface area (Å²) >= 11 is 0. The number of carbonyl (C=O) groups excluding carboxylic acids is 1. The van der Waals surface area contributed by atoms with Crippen LogP contribution in [0.5, 0.6) is 11.5 Å². The van der Waals surface area contributed by atoms with Crippen LogP contribution in [0, 0.1) is 13.8 Å². The number of hydrazone groups is 1. The van der Waals surface area contributed by atoms with Gasteiger partial charge in [-0.05, 0) is 49.2 Å². The molecule has 0 bridgehead atoms. The Balaban J connectivity index is 1.59. The Labute approximate surface area is 178 Å². The summed E-state index contributed by atoms with van der Waals surface area (Å²) in [6.45, 7) is 3.76. The zero-order valence-electron chi connectivity index (χ0n) is 17.3. The third kappa shape index (κ3) is 6.13. The fourth-order valence-electron chi connectivity index (χ4n) is 2.71. The van der Waals surface area contributed by atoms with Crippen LogP contribution in [0.25, 0.3) is 0 Å². The van der Waals surface area contributed by atoms with Crippen molar-refractivity contribution in [3.8, 4) is 11.5 Å². The Kier molecular flexibility index (Phi) is 6.94. The number of rotatable bonds is 8. The average Bonchev–Trinajstić information content (AvgIpc) is 2.74. The van der Waals surface area contributed by atoms with Gasteiger partial charge in [0.25, 0.3) is 5.91 Å². The minimum atomic E-state index is -0.579. The van der Waals surface area contributed by atoms with E-state index in [0.29, 0.717) is 17.1 Å². The van der Waals surface area contributed by atoms with Crippen LogP contribution in [-0.4, -0.2) is 41.0 Å². The number of aryl methyl sites for hydroxylation is 2. The summed E-state index contributed by atoms with van der Waals surface area (Å²) in [6.07, 6.45) is 2.85. The van der Waals surface area contributed by atoms with Gasteiger partial charge in [-0.3, -0.25) is 10.2 Å². The number of nitrogens with zero attached hydrogens (tertiary/aromatic N) is 3. The molecule has 0 aliphatic carbocycles. The molecule has 1 heterocycles. The van der Waals surface area contributed by atoms with Gasteiger partial charge in [-0.1, -0.05) is 17.7 Å². The van der Waals surface area contributed by atoms with Gasteiger partial charge in [-0.15, -0.1) is 0 Å². The van der Waals surface area contributed by atoms with Crippen LogP contribution >= 0.6 is 0 Å². The molecule has 0 atom stereocenters. The molecule has 0 fully saturated rings. The zero-order chi connectivity index (χ0) is 22.2. The summed E-state index contributed by atoms with van der Waals surface area (Å²) in [6, 6.07) is 10.9. The minimum absolute atomic E-state index is 0.167. The second-order valence-electron chi connectivity index (χ2n) is 6.61. The van der Waals surface area contributed by atoms with E-state index in [1.165, 1.54) is 19.5 Å². The number of methoxy groups -OCH3 is 1. The van der Waals surface area contributed by atoms with E-state index in [-0.39, 0.29) is 18.3 Å². The van der Waals surface area contributed by atoms with Crippen molar-refractivity contribution in [3.05, 3.63) is 69.8 Å². The topological polar surface area (TPSA) is 131 Å². The maximum absolute atomic E-state index is 12.2. The van der Waals surface area contributed by atoms with Gasteiger partial charge >= 0.3 is 5.69 Å². The van der Waals surface area contributed by atoms with Crippen molar-refractivity contribution in [2.75, 3.05) is 24.5 Å².